The van der Waals surface area contributed by atoms with E-state index in [0.717, 1.165) is 41.4 Å². The normalized spacial score (nSPS) is 10.9. The van der Waals surface area contributed by atoms with Crippen LogP contribution in [0.3, 0.4) is 0 Å². The molecule has 0 spiro atoms. The lowest BCUT2D eigenvalue weighted by molar-refractivity contribution is -0.118. The number of thiazole rings is 1. The number of para-hydroxylation sites is 1. The molecular weight excluding hydrogens is 425 g/mol. The molecule has 0 unspecified atom stereocenters. The molecule has 3 rings (SSSR count). The van der Waals surface area contributed by atoms with Crippen LogP contribution < -0.4 is 4.90 Å². The Morgan fingerprint density at radius 2 is 1.76 bits per heavy atom. The lowest BCUT2D eigenvalue weighted by atomic mass is 10.1. The molecule has 0 saturated heterocycles. The first kappa shape index (κ1) is 23.6. The SMILES string of the molecule is CCN(CC)CCN(C(=O)CCc1ccccc1)c1nc2c(Cl)cccc2s1.Cl. The molecule has 156 valence electrons. The van der Waals surface area contributed by atoms with Crippen LogP contribution in [0.15, 0.2) is 48.5 Å². The number of anilines is 1. The summed E-state index contributed by atoms with van der Waals surface area (Å²) >= 11 is 7.83. The van der Waals surface area contributed by atoms with Crippen LogP contribution >= 0.6 is 35.3 Å². The Kier molecular flexibility index (Phi) is 9.37. The number of rotatable bonds is 9. The molecule has 0 aliphatic carbocycles. The maximum absolute atomic E-state index is 13.1. The molecule has 1 amide bonds. The van der Waals surface area contributed by atoms with Gasteiger partial charge in [-0.25, -0.2) is 4.98 Å². The molecular formula is C22H27Cl2N3OS. The van der Waals surface area contributed by atoms with Crippen molar-refractivity contribution in [2.45, 2.75) is 26.7 Å². The van der Waals surface area contributed by atoms with Crippen molar-refractivity contribution in [3.05, 3.63) is 59.1 Å². The smallest absolute Gasteiger partial charge is 0.229 e. The van der Waals surface area contributed by atoms with Crippen molar-refractivity contribution in [1.29, 1.82) is 0 Å². The van der Waals surface area contributed by atoms with Crippen LogP contribution in [0.1, 0.15) is 25.8 Å². The van der Waals surface area contributed by atoms with Gasteiger partial charge in [0.25, 0.3) is 0 Å². The summed E-state index contributed by atoms with van der Waals surface area (Å²) in [5.74, 6) is 0.103. The predicted molar refractivity (Wildman–Crippen MR) is 127 cm³/mol. The van der Waals surface area contributed by atoms with E-state index in [1.807, 2.05) is 41.3 Å². The van der Waals surface area contributed by atoms with Crippen LogP contribution in [0.5, 0.6) is 0 Å². The molecule has 0 saturated carbocycles. The van der Waals surface area contributed by atoms with Crippen molar-refractivity contribution in [1.82, 2.24) is 9.88 Å². The third kappa shape index (κ3) is 6.16. The molecule has 1 aromatic heterocycles. The quantitative estimate of drug-likeness (QED) is 0.419. The van der Waals surface area contributed by atoms with Gasteiger partial charge in [0.05, 0.1) is 9.72 Å². The van der Waals surface area contributed by atoms with Crippen molar-refractivity contribution in [3.63, 3.8) is 0 Å². The number of benzene rings is 2. The van der Waals surface area contributed by atoms with Gasteiger partial charge in [-0.2, -0.15) is 0 Å². The number of aromatic nitrogens is 1. The van der Waals surface area contributed by atoms with Gasteiger partial charge in [-0.15, -0.1) is 12.4 Å². The molecule has 7 heteroatoms. The second kappa shape index (κ2) is 11.5. The van der Waals surface area contributed by atoms with Gasteiger partial charge < -0.3 is 4.90 Å². The van der Waals surface area contributed by atoms with Crippen LogP contribution in [0.2, 0.25) is 5.02 Å². The van der Waals surface area contributed by atoms with Gasteiger partial charge in [0.15, 0.2) is 5.13 Å². The summed E-state index contributed by atoms with van der Waals surface area (Å²) in [5.41, 5.74) is 1.94. The molecule has 0 aliphatic heterocycles. The molecule has 0 bridgehead atoms. The Morgan fingerprint density at radius 3 is 2.41 bits per heavy atom. The van der Waals surface area contributed by atoms with Gasteiger partial charge in [0, 0.05) is 19.5 Å². The Morgan fingerprint density at radius 1 is 1.03 bits per heavy atom. The standard InChI is InChI=1S/C22H26ClN3OS.ClH/c1-3-25(4-2)15-16-26(20(27)14-13-17-9-6-5-7-10-17)22-24-21-18(23)11-8-12-19(21)28-22;/h5-12H,3-4,13-16H2,1-2H3;1H. The maximum atomic E-state index is 13.1. The first-order chi connectivity index (χ1) is 13.6. The summed E-state index contributed by atoms with van der Waals surface area (Å²) < 4.78 is 1.01. The summed E-state index contributed by atoms with van der Waals surface area (Å²) in [6.07, 6.45) is 1.19. The average Bonchev–Trinajstić information content (AvgIpc) is 3.15. The second-order valence-electron chi connectivity index (χ2n) is 6.64. The third-order valence-electron chi connectivity index (χ3n) is 4.90. The van der Waals surface area contributed by atoms with E-state index < -0.39 is 0 Å². The minimum atomic E-state index is 0. The van der Waals surface area contributed by atoms with Gasteiger partial charge in [0.2, 0.25) is 5.91 Å². The molecule has 0 N–H and O–H groups in total. The van der Waals surface area contributed by atoms with Gasteiger partial charge in [-0.1, -0.05) is 73.2 Å². The van der Waals surface area contributed by atoms with Crippen molar-refractivity contribution in [2.24, 2.45) is 0 Å². The van der Waals surface area contributed by atoms with Gasteiger partial charge >= 0.3 is 0 Å². The summed E-state index contributed by atoms with van der Waals surface area (Å²) in [5, 5.41) is 1.36. The van der Waals surface area contributed by atoms with Crippen molar-refractivity contribution < 1.29 is 4.79 Å². The fraction of sp³-hybridized carbons (Fsp3) is 0.364. The van der Waals surface area contributed by atoms with E-state index in [4.69, 9.17) is 16.6 Å². The average molecular weight is 452 g/mol. The zero-order valence-corrected chi connectivity index (χ0v) is 19.2. The molecule has 1 heterocycles. The summed E-state index contributed by atoms with van der Waals surface area (Å²) in [6, 6.07) is 15.9. The molecule has 3 aromatic rings. The monoisotopic (exact) mass is 451 g/mol. The third-order valence-corrected chi connectivity index (χ3v) is 6.24. The van der Waals surface area contributed by atoms with Crippen LogP contribution in [0.25, 0.3) is 10.2 Å². The summed E-state index contributed by atoms with van der Waals surface area (Å²) in [6.45, 7) is 7.67. The van der Waals surface area contributed by atoms with E-state index in [9.17, 15) is 4.79 Å². The van der Waals surface area contributed by atoms with E-state index in [1.54, 1.807) is 0 Å². The number of carbonyl (C=O) groups excluding carboxylic acids is 1. The number of amides is 1. The second-order valence-corrected chi connectivity index (χ2v) is 8.06. The highest BCUT2D eigenvalue weighted by atomic mass is 35.5. The van der Waals surface area contributed by atoms with Crippen molar-refractivity contribution in [3.8, 4) is 0 Å². The number of fused-ring (bicyclic) bond motifs is 1. The molecule has 4 nitrogen and oxygen atoms in total. The highest BCUT2D eigenvalue weighted by Gasteiger charge is 2.21. The highest BCUT2D eigenvalue weighted by Crippen LogP contribution is 2.33. The number of hydrogen-bond acceptors (Lipinski definition) is 4. The van der Waals surface area contributed by atoms with Crippen LogP contribution in [-0.4, -0.2) is 42.0 Å². The Labute approximate surface area is 187 Å². The summed E-state index contributed by atoms with van der Waals surface area (Å²) in [7, 11) is 0. The molecule has 29 heavy (non-hydrogen) atoms. The van der Waals surface area contributed by atoms with Gasteiger partial charge in [-0.3, -0.25) is 9.69 Å². The molecule has 0 radical (unpaired) electrons. The van der Waals surface area contributed by atoms with Crippen LogP contribution in [-0.2, 0) is 11.2 Å². The predicted octanol–water partition coefficient (Wildman–Crippen LogP) is 5.68. The fourth-order valence-corrected chi connectivity index (χ4v) is 4.47. The van der Waals surface area contributed by atoms with E-state index in [1.165, 1.54) is 16.9 Å². The molecule has 0 fully saturated rings. The highest BCUT2D eigenvalue weighted by molar-refractivity contribution is 7.22. The molecule has 2 aromatic carbocycles. The summed E-state index contributed by atoms with van der Waals surface area (Å²) in [4.78, 5) is 22.0. The van der Waals surface area contributed by atoms with Gasteiger partial charge in [0.1, 0.15) is 5.52 Å². The fourth-order valence-electron chi connectivity index (χ4n) is 3.16. The van der Waals surface area contributed by atoms with Crippen LogP contribution in [0, 0.1) is 0 Å². The Hall–Kier alpha value is -1.66. The number of aryl methyl sites for hydroxylation is 1. The number of hydrogen-bond donors (Lipinski definition) is 0. The van der Waals surface area contributed by atoms with E-state index in [2.05, 4.69) is 30.9 Å². The van der Waals surface area contributed by atoms with Crippen molar-refractivity contribution >= 4 is 56.6 Å². The number of carbonyl (C=O) groups is 1. The van der Waals surface area contributed by atoms with E-state index >= 15 is 0 Å². The number of likely N-dealkylation sites (N-methyl/N-ethyl adjacent to an activating group) is 1. The Balaban J connectivity index is 0.00000300. The molecule has 0 atom stereocenters. The minimum Gasteiger partial charge on any atom is -0.302 e. The Bertz CT molecular complexity index is 913. The van der Waals surface area contributed by atoms with E-state index in [-0.39, 0.29) is 18.3 Å². The number of halogens is 2. The van der Waals surface area contributed by atoms with Gasteiger partial charge in [-0.05, 0) is 37.2 Å². The topological polar surface area (TPSA) is 36.4 Å². The zero-order chi connectivity index (χ0) is 19.9. The first-order valence-corrected chi connectivity index (χ1v) is 10.9. The van der Waals surface area contributed by atoms with Crippen molar-refractivity contribution in [2.75, 3.05) is 31.1 Å². The first-order valence-electron chi connectivity index (χ1n) is 9.74. The molecule has 0 aliphatic rings. The number of nitrogens with zero attached hydrogens (tertiary/aromatic N) is 3. The van der Waals surface area contributed by atoms with E-state index in [0.29, 0.717) is 18.0 Å². The zero-order valence-electron chi connectivity index (χ0n) is 16.8. The lowest BCUT2D eigenvalue weighted by Crippen LogP contribution is -2.39. The van der Waals surface area contributed by atoms with Crippen LogP contribution in [0.4, 0.5) is 5.13 Å². The lowest BCUT2D eigenvalue weighted by Gasteiger charge is -2.24. The largest absolute Gasteiger partial charge is 0.302 e. The minimum absolute atomic E-state index is 0. The maximum Gasteiger partial charge on any atom is 0.229 e.